The first kappa shape index (κ1) is 18.8. The summed E-state index contributed by atoms with van der Waals surface area (Å²) in [6.45, 7) is 3.57. The van der Waals surface area contributed by atoms with Crippen molar-refractivity contribution < 1.29 is 19.4 Å². The minimum Gasteiger partial charge on any atom is -0.482 e. The van der Waals surface area contributed by atoms with E-state index in [2.05, 4.69) is 5.32 Å². The zero-order valence-electron chi connectivity index (χ0n) is 14.1. The summed E-state index contributed by atoms with van der Waals surface area (Å²) in [5, 5.41) is 12.1. The largest absolute Gasteiger partial charge is 0.482 e. The van der Waals surface area contributed by atoms with Crippen LogP contribution in [-0.2, 0) is 21.5 Å². The number of carbonyl (C=O) groups excluding carboxylic acids is 1. The van der Waals surface area contributed by atoms with E-state index < -0.39 is 18.0 Å². The van der Waals surface area contributed by atoms with Gasteiger partial charge in [0.1, 0.15) is 5.75 Å². The van der Waals surface area contributed by atoms with Crippen LogP contribution in [0.15, 0.2) is 48.5 Å². The monoisotopic (exact) mass is 361 g/mol. The Hall–Kier alpha value is -2.53. The Bertz CT molecular complexity index is 774. The van der Waals surface area contributed by atoms with Crippen LogP contribution in [0.2, 0.25) is 5.02 Å². The van der Waals surface area contributed by atoms with E-state index in [1.807, 2.05) is 32.0 Å². The van der Waals surface area contributed by atoms with Crippen LogP contribution in [0.4, 0.5) is 0 Å². The highest BCUT2D eigenvalue weighted by Crippen LogP contribution is 2.26. The van der Waals surface area contributed by atoms with Crippen LogP contribution in [0.3, 0.4) is 0 Å². The van der Waals surface area contributed by atoms with E-state index in [1.165, 1.54) is 0 Å². The smallest absolute Gasteiger partial charge is 0.341 e. The van der Waals surface area contributed by atoms with Gasteiger partial charge >= 0.3 is 5.97 Å². The number of hydrogen-bond donors (Lipinski definition) is 2. The van der Waals surface area contributed by atoms with Crippen LogP contribution in [0.25, 0.3) is 0 Å². The molecule has 0 aromatic heterocycles. The molecule has 132 valence electrons. The van der Waals surface area contributed by atoms with E-state index in [0.29, 0.717) is 17.3 Å². The molecule has 0 aliphatic rings. The summed E-state index contributed by atoms with van der Waals surface area (Å²) in [7, 11) is 0. The Balaban J connectivity index is 2.01. The van der Waals surface area contributed by atoms with Crippen LogP contribution in [-0.4, -0.2) is 23.6 Å². The van der Waals surface area contributed by atoms with Crippen molar-refractivity contribution in [2.24, 2.45) is 0 Å². The summed E-state index contributed by atoms with van der Waals surface area (Å²) in [4.78, 5) is 23.1. The average Bonchev–Trinajstić information content (AvgIpc) is 2.58. The molecular formula is C19H20ClNO4. The van der Waals surface area contributed by atoms with Crippen molar-refractivity contribution in [1.82, 2.24) is 5.32 Å². The number of rotatable bonds is 7. The minimum absolute atomic E-state index is 0.133. The van der Waals surface area contributed by atoms with Crippen molar-refractivity contribution >= 4 is 23.5 Å². The number of nitrogens with one attached hydrogen (secondary N) is 1. The van der Waals surface area contributed by atoms with Gasteiger partial charge in [0.2, 0.25) is 5.91 Å². The number of hydrogen-bond acceptors (Lipinski definition) is 3. The number of carbonyl (C=O) groups is 2. The van der Waals surface area contributed by atoms with Gasteiger partial charge in [0.25, 0.3) is 0 Å². The lowest BCUT2D eigenvalue weighted by Gasteiger charge is -2.24. The Morgan fingerprint density at radius 2 is 1.88 bits per heavy atom. The minimum atomic E-state index is -1.04. The fourth-order valence-electron chi connectivity index (χ4n) is 2.30. The summed E-state index contributed by atoms with van der Waals surface area (Å²) < 4.78 is 5.14. The quantitative estimate of drug-likeness (QED) is 0.792. The van der Waals surface area contributed by atoms with E-state index >= 15 is 0 Å². The zero-order chi connectivity index (χ0) is 18.4. The van der Waals surface area contributed by atoms with E-state index in [0.717, 1.165) is 11.1 Å². The Morgan fingerprint density at radius 1 is 1.16 bits per heavy atom. The Labute approximate surface area is 151 Å². The van der Waals surface area contributed by atoms with Crippen LogP contribution in [0.5, 0.6) is 5.75 Å². The van der Waals surface area contributed by atoms with Gasteiger partial charge in [0, 0.05) is 11.6 Å². The average molecular weight is 362 g/mol. The van der Waals surface area contributed by atoms with E-state index in [1.54, 1.807) is 30.3 Å². The number of carboxylic acids is 1. The van der Waals surface area contributed by atoms with Gasteiger partial charge < -0.3 is 15.2 Å². The second kappa shape index (κ2) is 8.03. The highest BCUT2D eigenvalue weighted by Gasteiger charge is 2.29. The summed E-state index contributed by atoms with van der Waals surface area (Å²) in [6, 6.07) is 14.2. The van der Waals surface area contributed by atoms with Gasteiger partial charge in [-0.1, -0.05) is 35.9 Å². The molecule has 0 saturated carbocycles. The van der Waals surface area contributed by atoms with Crippen molar-refractivity contribution in [2.75, 3.05) is 6.61 Å². The fourth-order valence-corrected chi connectivity index (χ4v) is 2.49. The molecule has 25 heavy (non-hydrogen) atoms. The van der Waals surface area contributed by atoms with Crippen molar-refractivity contribution in [3.05, 3.63) is 64.7 Å². The van der Waals surface area contributed by atoms with Crippen LogP contribution in [0.1, 0.15) is 25.0 Å². The van der Waals surface area contributed by atoms with Gasteiger partial charge in [-0.15, -0.1) is 0 Å². The second-order valence-electron chi connectivity index (χ2n) is 6.15. The molecule has 1 amide bonds. The predicted octanol–water partition coefficient (Wildman–Crippen LogP) is 3.40. The molecule has 0 atom stereocenters. The Morgan fingerprint density at radius 3 is 2.56 bits per heavy atom. The lowest BCUT2D eigenvalue weighted by Crippen LogP contribution is -2.39. The first-order chi connectivity index (χ1) is 11.8. The number of ether oxygens (including phenoxy) is 1. The number of halogens is 1. The number of carboxylic acid groups (broad SMARTS) is 1. The van der Waals surface area contributed by atoms with E-state index in [9.17, 15) is 9.59 Å². The van der Waals surface area contributed by atoms with Gasteiger partial charge in [0.05, 0.1) is 5.41 Å². The molecule has 0 spiro atoms. The van der Waals surface area contributed by atoms with Crippen molar-refractivity contribution in [2.45, 2.75) is 25.8 Å². The maximum absolute atomic E-state index is 12.6. The van der Waals surface area contributed by atoms with Crippen LogP contribution >= 0.6 is 11.6 Å². The summed E-state index contributed by atoms with van der Waals surface area (Å²) >= 11 is 6.01. The zero-order valence-corrected chi connectivity index (χ0v) is 14.8. The molecule has 0 heterocycles. The maximum atomic E-state index is 12.6. The van der Waals surface area contributed by atoms with Crippen molar-refractivity contribution in [3.63, 3.8) is 0 Å². The standard InChI is InChI=1S/C19H20ClNO4/c1-19(2,14-6-4-7-15(20)10-14)18(24)21-11-13-5-3-8-16(9-13)25-12-17(22)23/h3-10H,11-12H2,1-2H3,(H,21,24)(H,22,23). The molecule has 0 unspecified atom stereocenters. The summed E-state index contributed by atoms with van der Waals surface area (Å²) in [6.07, 6.45) is 0. The van der Waals surface area contributed by atoms with Crippen molar-refractivity contribution in [3.8, 4) is 5.75 Å². The molecule has 0 saturated heterocycles. The van der Waals surface area contributed by atoms with Crippen LogP contribution in [0, 0.1) is 0 Å². The second-order valence-corrected chi connectivity index (χ2v) is 6.58. The third kappa shape index (κ3) is 5.22. The molecule has 0 aliphatic carbocycles. The molecule has 0 bridgehead atoms. The fraction of sp³-hybridized carbons (Fsp3) is 0.263. The molecule has 5 nitrogen and oxygen atoms in total. The topological polar surface area (TPSA) is 75.6 Å². The number of benzene rings is 2. The highest BCUT2D eigenvalue weighted by molar-refractivity contribution is 6.30. The van der Waals surface area contributed by atoms with Crippen LogP contribution < -0.4 is 10.1 Å². The summed E-state index contributed by atoms with van der Waals surface area (Å²) in [5.41, 5.74) is 0.914. The molecule has 2 aromatic carbocycles. The Kier molecular flexibility index (Phi) is 6.04. The molecule has 0 aliphatic heterocycles. The third-order valence-corrected chi connectivity index (χ3v) is 4.06. The SMILES string of the molecule is CC(C)(C(=O)NCc1cccc(OCC(=O)O)c1)c1cccc(Cl)c1. The highest BCUT2D eigenvalue weighted by atomic mass is 35.5. The molecule has 6 heteroatoms. The molecule has 2 rings (SSSR count). The molecule has 2 N–H and O–H groups in total. The molecular weight excluding hydrogens is 342 g/mol. The molecule has 0 fully saturated rings. The molecule has 0 radical (unpaired) electrons. The lowest BCUT2D eigenvalue weighted by atomic mass is 9.83. The van der Waals surface area contributed by atoms with Gasteiger partial charge in [-0.2, -0.15) is 0 Å². The van der Waals surface area contributed by atoms with E-state index in [-0.39, 0.29) is 5.91 Å². The molecule has 2 aromatic rings. The van der Waals surface area contributed by atoms with Gasteiger partial charge in [0.15, 0.2) is 6.61 Å². The first-order valence-electron chi connectivity index (χ1n) is 7.77. The normalized spacial score (nSPS) is 11.0. The third-order valence-electron chi connectivity index (χ3n) is 3.83. The van der Waals surface area contributed by atoms with Gasteiger partial charge in [-0.3, -0.25) is 4.79 Å². The predicted molar refractivity (Wildman–Crippen MR) is 95.9 cm³/mol. The number of amides is 1. The van der Waals surface area contributed by atoms with Crippen molar-refractivity contribution in [1.29, 1.82) is 0 Å². The van der Waals surface area contributed by atoms with E-state index in [4.69, 9.17) is 21.4 Å². The first-order valence-corrected chi connectivity index (χ1v) is 8.14. The van der Waals surface area contributed by atoms with Gasteiger partial charge in [-0.05, 0) is 49.2 Å². The summed E-state index contributed by atoms with van der Waals surface area (Å²) in [5.74, 6) is -0.725. The van der Waals surface area contributed by atoms with Gasteiger partial charge in [-0.25, -0.2) is 4.79 Å². The lowest BCUT2D eigenvalue weighted by molar-refractivity contribution is -0.139. The number of aliphatic carboxylic acids is 1. The maximum Gasteiger partial charge on any atom is 0.341 e.